The van der Waals surface area contributed by atoms with Gasteiger partial charge >= 0.3 is 0 Å². The Kier molecular flexibility index (Phi) is 5.26. The van der Waals surface area contributed by atoms with E-state index in [9.17, 15) is 4.79 Å². The lowest BCUT2D eigenvalue weighted by Crippen LogP contribution is -2.24. The van der Waals surface area contributed by atoms with Crippen LogP contribution in [-0.4, -0.2) is 15.9 Å². The summed E-state index contributed by atoms with van der Waals surface area (Å²) >= 11 is 5.91. The van der Waals surface area contributed by atoms with Crippen LogP contribution in [0.15, 0.2) is 72.8 Å². The molecule has 1 heterocycles. The van der Waals surface area contributed by atoms with Gasteiger partial charge in [-0.05, 0) is 42.0 Å². The minimum atomic E-state index is -0.216. The molecule has 0 bridgehead atoms. The van der Waals surface area contributed by atoms with Crippen LogP contribution in [0.3, 0.4) is 0 Å². The van der Waals surface area contributed by atoms with Gasteiger partial charge in [0.05, 0.1) is 23.1 Å². The topological polar surface area (TPSA) is 67.0 Å². The summed E-state index contributed by atoms with van der Waals surface area (Å²) in [5.74, 6) is 1.01. The first-order valence-electron chi connectivity index (χ1n) is 8.87. The molecule has 140 valence electrons. The number of H-pyrrole nitrogens is 1. The van der Waals surface area contributed by atoms with Crippen LogP contribution in [0.4, 0.5) is 0 Å². The van der Waals surface area contributed by atoms with Crippen molar-refractivity contribution in [2.24, 2.45) is 0 Å². The number of amides is 1. The van der Waals surface area contributed by atoms with Crippen molar-refractivity contribution in [2.75, 3.05) is 0 Å². The molecule has 0 radical (unpaired) electrons. The Balaban J connectivity index is 1.43. The zero-order valence-electron chi connectivity index (χ0n) is 15.0. The molecule has 6 heteroatoms. The summed E-state index contributed by atoms with van der Waals surface area (Å²) in [5.41, 5.74) is 3.27. The van der Waals surface area contributed by atoms with Crippen LogP contribution >= 0.6 is 11.6 Å². The number of aromatic amines is 1. The molecular weight excluding hydrogens is 374 g/mol. The molecule has 0 atom stereocenters. The number of carbonyl (C=O) groups excluding carboxylic acids is 1. The van der Waals surface area contributed by atoms with E-state index < -0.39 is 0 Å². The van der Waals surface area contributed by atoms with Gasteiger partial charge in [-0.2, -0.15) is 0 Å². The van der Waals surface area contributed by atoms with Crippen LogP contribution in [0.2, 0.25) is 5.02 Å². The smallest absolute Gasteiger partial charge is 0.255 e. The summed E-state index contributed by atoms with van der Waals surface area (Å²) in [4.78, 5) is 20.3. The number of hydrogen-bond donors (Lipinski definition) is 2. The molecular formula is C22H18ClN3O2. The summed E-state index contributed by atoms with van der Waals surface area (Å²) in [6.45, 7) is 0.657. The van der Waals surface area contributed by atoms with Gasteiger partial charge in [-0.1, -0.05) is 48.0 Å². The molecule has 3 aromatic carbocycles. The van der Waals surface area contributed by atoms with E-state index in [1.165, 1.54) is 0 Å². The summed E-state index contributed by atoms with van der Waals surface area (Å²) < 4.78 is 5.86. The molecule has 0 spiro atoms. The highest BCUT2D eigenvalue weighted by molar-refractivity contribution is 6.30. The van der Waals surface area contributed by atoms with Crippen LogP contribution < -0.4 is 10.1 Å². The van der Waals surface area contributed by atoms with Crippen molar-refractivity contribution >= 4 is 28.5 Å². The number of fused-ring (bicyclic) bond motifs is 1. The molecule has 5 nitrogen and oxygen atoms in total. The number of hydrogen-bond acceptors (Lipinski definition) is 3. The van der Waals surface area contributed by atoms with Gasteiger partial charge in [0.15, 0.2) is 0 Å². The SMILES string of the molecule is O=C(NCc1nc2ccccc2[nH]1)c1ccccc1OCc1ccc(Cl)cc1. The second kappa shape index (κ2) is 8.15. The van der Waals surface area contributed by atoms with Gasteiger partial charge in [-0.15, -0.1) is 0 Å². The Labute approximate surface area is 167 Å². The first-order chi connectivity index (χ1) is 13.7. The van der Waals surface area contributed by atoms with Gasteiger partial charge in [-0.25, -0.2) is 4.98 Å². The van der Waals surface area contributed by atoms with E-state index in [1.807, 2.05) is 60.7 Å². The number of halogens is 1. The lowest BCUT2D eigenvalue weighted by atomic mass is 10.2. The molecule has 0 aliphatic carbocycles. The van der Waals surface area contributed by atoms with Crippen molar-refractivity contribution in [1.29, 1.82) is 0 Å². The van der Waals surface area contributed by atoms with Crippen molar-refractivity contribution in [2.45, 2.75) is 13.2 Å². The van der Waals surface area contributed by atoms with Crippen molar-refractivity contribution in [3.05, 3.63) is 94.8 Å². The molecule has 4 rings (SSSR count). The number of aromatic nitrogens is 2. The lowest BCUT2D eigenvalue weighted by molar-refractivity contribution is 0.0945. The molecule has 0 fully saturated rings. The summed E-state index contributed by atoms with van der Waals surface area (Å²) in [7, 11) is 0. The number of nitrogens with one attached hydrogen (secondary N) is 2. The third-order valence-electron chi connectivity index (χ3n) is 4.29. The van der Waals surface area contributed by atoms with E-state index >= 15 is 0 Å². The van der Waals surface area contributed by atoms with Crippen molar-refractivity contribution < 1.29 is 9.53 Å². The average molecular weight is 392 g/mol. The molecule has 0 unspecified atom stereocenters. The first kappa shape index (κ1) is 18.1. The molecule has 2 N–H and O–H groups in total. The van der Waals surface area contributed by atoms with E-state index in [0.717, 1.165) is 16.6 Å². The highest BCUT2D eigenvalue weighted by atomic mass is 35.5. The highest BCUT2D eigenvalue weighted by Gasteiger charge is 2.13. The number of ether oxygens (including phenoxy) is 1. The molecule has 1 amide bonds. The Bertz CT molecular complexity index is 1070. The normalized spacial score (nSPS) is 10.8. The third-order valence-corrected chi connectivity index (χ3v) is 4.55. The summed E-state index contributed by atoms with van der Waals surface area (Å²) in [6, 6.07) is 22.3. The number of para-hydroxylation sites is 3. The Morgan fingerprint density at radius 1 is 1.00 bits per heavy atom. The monoisotopic (exact) mass is 391 g/mol. The zero-order valence-corrected chi connectivity index (χ0v) is 15.7. The van der Waals surface area contributed by atoms with Crippen LogP contribution in [0, 0.1) is 0 Å². The van der Waals surface area contributed by atoms with E-state index in [4.69, 9.17) is 16.3 Å². The van der Waals surface area contributed by atoms with Crippen molar-refractivity contribution in [3.63, 3.8) is 0 Å². The predicted molar refractivity (Wildman–Crippen MR) is 109 cm³/mol. The standard InChI is InChI=1S/C22H18ClN3O2/c23-16-11-9-15(10-12-16)14-28-20-8-4-1-5-17(20)22(27)24-13-21-25-18-6-2-3-7-19(18)26-21/h1-12H,13-14H2,(H,24,27)(H,25,26). The van der Waals surface area contributed by atoms with Crippen molar-refractivity contribution in [1.82, 2.24) is 15.3 Å². The highest BCUT2D eigenvalue weighted by Crippen LogP contribution is 2.20. The maximum Gasteiger partial charge on any atom is 0.255 e. The van der Waals surface area contributed by atoms with E-state index in [0.29, 0.717) is 35.3 Å². The fourth-order valence-electron chi connectivity index (χ4n) is 2.87. The van der Waals surface area contributed by atoms with Crippen molar-refractivity contribution in [3.8, 4) is 5.75 Å². The van der Waals surface area contributed by atoms with Gasteiger partial charge in [-0.3, -0.25) is 4.79 Å². The van der Waals surface area contributed by atoms with Crippen LogP contribution in [-0.2, 0) is 13.2 Å². The maximum atomic E-state index is 12.7. The Morgan fingerprint density at radius 3 is 2.57 bits per heavy atom. The molecule has 0 aliphatic heterocycles. The Morgan fingerprint density at radius 2 is 1.75 bits per heavy atom. The van der Waals surface area contributed by atoms with Crippen LogP contribution in [0.25, 0.3) is 11.0 Å². The molecule has 0 saturated carbocycles. The number of benzene rings is 3. The predicted octanol–water partition coefficient (Wildman–Crippen LogP) is 4.73. The molecule has 0 aliphatic rings. The van der Waals surface area contributed by atoms with Gasteiger partial charge in [0.25, 0.3) is 5.91 Å². The molecule has 0 saturated heterocycles. The van der Waals surface area contributed by atoms with E-state index in [2.05, 4.69) is 15.3 Å². The number of rotatable bonds is 6. The third kappa shape index (κ3) is 4.15. The average Bonchev–Trinajstić information content (AvgIpc) is 3.15. The Hall–Kier alpha value is -3.31. The van der Waals surface area contributed by atoms with Gasteiger partial charge in [0.1, 0.15) is 18.2 Å². The van der Waals surface area contributed by atoms with Crippen LogP contribution in [0.5, 0.6) is 5.75 Å². The number of carbonyl (C=O) groups is 1. The zero-order chi connectivity index (χ0) is 19.3. The van der Waals surface area contributed by atoms with E-state index in [1.54, 1.807) is 12.1 Å². The molecule has 4 aromatic rings. The van der Waals surface area contributed by atoms with Gasteiger partial charge < -0.3 is 15.0 Å². The lowest BCUT2D eigenvalue weighted by Gasteiger charge is -2.11. The summed E-state index contributed by atoms with van der Waals surface area (Å²) in [5, 5.41) is 3.57. The number of nitrogens with zero attached hydrogens (tertiary/aromatic N) is 1. The summed E-state index contributed by atoms with van der Waals surface area (Å²) in [6.07, 6.45) is 0. The fourth-order valence-corrected chi connectivity index (χ4v) is 3.00. The second-order valence-corrected chi connectivity index (χ2v) is 6.73. The minimum Gasteiger partial charge on any atom is -0.488 e. The number of imidazole rings is 1. The quantitative estimate of drug-likeness (QED) is 0.499. The fraction of sp³-hybridized carbons (Fsp3) is 0.0909. The maximum absolute atomic E-state index is 12.7. The van der Waals surface area contributed by atoms with Crippen LogP contribution in [0.1, 0.15) is 21.7 Å². The molecule has 28 heavy (non-hydrogen) atoms. The minimum absolute atomic E-state index is 0.216. The van der Waals surface area contributed by atoms with Gasteiger partial charge in [0, 0.05) is 5.02 Å². The van der Waals surface area contributed by atoms with E-state index in [-0.39, 0.29) is 5.91 Å². The second-order valence-electron chi connectivity index (χ2n) is 6.29. The first-order valence-corrected chi connectivity index (χ1v) is 9.25. The van der Waals surface area contributed by atoms with Gasteiger partial charge in [0.2, 0.25) is 0 Å². The molecule has 1 aromatic heterocycles. The largest absolute Gasteiger partial charge is 0.488 e.